The van der Waals surface area contributed by atoms with Crippen molar-refractivity contribution in [3.8, 4) is 33.9 Å². The van der Waals surface area contributed by atoms with Gasteiger partial charge in [0.15, 0.2) is 11.6 Å². The Kier molecular flexibility index (Phi) is 10.0. The highest BCUT2D eigenvalue weighted by molar-refractivity contribution is 5.79. The third kappa shape index (κ3) is 7.95. The summed E-state index contributed by atoms with van der Waals surface area (Å²) in [5.74, 6) is 1.58. The van der Waals surface area contributed by atoms with Gasteiger partial charge >= 0.3 is 0 Å². The summed E-state index contributed by atoms with van der Waals surface area (Å²) in [6.45, 7) is 1.93. The van der Waals surface area contributed by atoms with Gasteiger partial charge in [-0.05, 0) is 42.3 Å². The molecule has 0 radical (unpaired) electrons. The molecule has 0 aliphatic rings. The molecule has 0 unspecified atom stereocenters. The molecule has 1 aromatic heterocycles. The number of hydrogen-bond donors (Lipinski definition) is 2. The van der Waals surface area contributed by atoms with Crippen LogP contribution < -0.4 is 10.2 Å². The third-order valence-electron chi connectivity index (χ3n) is 7.51. The average molecular weight is 614 g/mol. The topological polar surface area (TPSA) is 74.2 Å². The maximum atomic E-state index is 10.2. The first-order chi connectivity index (χ1) is 23.2. The molecule has 6 heteroatoms. The first kappa shape index (κ1) is 30.9. The summed E-state index contributed by atoms with van der Waals surface area (Å²) in [4.78, 5) is 16.0. The van der Waals surface area contributed by atoms with Crippen molar-refractivity contribution in [1.29, 1.82) is 0 Å². The van der Waals surface area contributed by atoms with E-state index in [1.54, 1.807) is 0 Å². The standard InChI is InChI=1S/C28H23N5O.C13H12/c34-20-33(23-16-8-3-9-17-23)25-19-11-10-18-24(25)29-28-31-26(21-12-4-1-5-13-21)30-27(32-28)22-14-6-2-7-15-22;1-11-7-9-13(10-8-11)12-5-3-2-4-6-12/h1-19,34H,20H2,(H,29,30,31,32);2-10H,1H3. The van der Waals surface area contributed by atoms with Gasteiger partial charge in [-0.25, -0.2) is 4.98 Å². The maximum Gasteiger partial charge on any atom is 0.231 e. The molecule has 0 saturated heterocycles. The zero-order valence-corrected chi connectivity index (χ0v) is 26.1. The molecule has 0 saturated carbocycles. The fourth-order valence-electron chi connectivity index (χ4n) is 5.08. The van der Waals surface area contributed by atoms with Crippen molar-refractivity contribution in [3.63, 3.8) is 0 Å². The van der Waals surface area contributed by atoms with E-state index >= 15 is 0 Å². The monoisotopic (exact) mass is 613 g/mol. The van der Waals surface area contributed by atoms with Crippen LogP contribution in [0.5, 0.6) is 0 Å². The number of aryl methyl sites for hydroxylation is 1. The van der Waals surface area contributed by atoms with E-state index < -0.39 is 0 Å². The van der Waals surface area contributed by atoms with E-state index in [4.69, 9.17) is 15.0 Å². The van der Waals surface area contributed by atoms with E-state index in [2.05, 4.69) is 60.8 Å². The van der Waals surface area contributed by atoms with Crippen LogP contribution in [0.1, 0.15) is 5.56 Å². The molecule has 6 nitrogen and oxygen atoms in total. The van der Waals surface area contributed by atoms with Crippen LogP contribution in [0.4, 0.5) is 23.0 Å². The number of rotatable bonds is 8. The summed E-state index contributed by atoms with van der Waals surface area (Å²) in [7, 11) is 0. The molecule has 0 aliphatic carbocycles. The average Bonchev–Trinajstić information content (AvgIpc) is 3.15. The molecule has 0 amide bonds. The Morgan fingerprint density at radius 2 is 0.936 bits per heavy atom. The number of aliphatic hydroxyl groups is 1. The van der Waals surface area contributed by atoms with E-state index in [0.717, 1.165) is 28.2 Å². The number of anilines is 4. The summed E-state index contributed by atoms with van der Waals surface area (Å²) >= 11 is 0. The van der Waals surface area contributed by atoms with Crippen molar-refractivity contribution in [3.05, 3.63) is 175 Å². The van der Waals surface area contributed by atoms with Crippen molar-refractivity contribution in [1.82, 2.24) is 15.0 Å². The van der Waals surface area contributed by atoms with Crippen LogP contribution in [-0.2, 0) is 0 Å². The minimum Gasteiger partial charge on any atom is -0.376 e. The molecule has 6 aromatic carbocycles. The lowest BCUT2D eigenvalue weighted by molar-refractivity contribution is 0.305. The molecule has 7 aromatic rings. The first-order valence-corrected chi connectivity index (χ1v) is 15.5. The van der Waals surface area contributed by atoms with Crippen LogP contribution in [0.15, 0.2) is 170 Å². The molecule has 1 heterocycles. The van der Waals surface area contributed by atoms with E-state index in [0.29, 0.717) is 17.6 Å². The van der Waals surface area contributed by atoms with Crippen LogP contribution in [0.2, 0.25) is 0 Å². The van der Waals surface area contributed by atoms with Gasteiger partial charge in [-0.1, -0.05) is 151 Å². The van der Waals surface area contributed by atoms with Crippen LogP contribution in [0.25, 0.3) is 33.9 Å². The lowest BCUT2D eigenvalue weighted by Crippen LogP contribution is -2.19. The molecule has 230 valence electrons. The molecule has 47 heavy (non-hydrogen) atoms. The molecule has 7 rings (SSSR count). The summed E-state index contributed by atoms with van der Waals surface area (Å²) in [5.41, 5.74) is 8.13. The maximum absolute atomic E-state index is 10.2. The first-order valence-electron chi connectivity index (χ1n) is 15.5. The highest BCUT2D eigenvalue weighted by Gasteiger charge is 2.15. The minimum absolute atomic E-state index is 0.176. The van der Waals surface area contributed by atoms with Crippen molar-refractivity contribution in [2.75, 3.05) is 16.9 Å². The van der Waals surface area contributed by atoms with Crippen LogP contribution in [0.3, 0.4) is 0 Å². The number of benzene rings is 6. The molecular formula is C41H35N5O. The predicted octanol–water partition coefficient (Wildman–Crippen LogP) is 9.70. The summed E-state index contributed by atoms with van der Waals surface area (Å²) < 4.78 is 0. The Balaban J connectivity index is 0.000000248. The van der Waals surface area contributed by atoms with E-state index in [1.165, 1.54) is 16.7 Å². The number of hydrogen-bond acceptors (Lipinski definition) is 6. The Morgan fingerprint density at radius 3 is 1.47 bits per heavy atom. The Hall–Kier alpha value is -6.11. The Bertz CT molecular complexity index is 1930. The van der Waals surface area contributed by atoms with E-state index in [-0.39, 0.29) is 6.73 Å². The summed E-state index contributed by atoms with van der Waals surface area (Å²) in [5, 5.41) is 13.5. The van der Waals surface area contributed by atoms with Crippen LogP contribution in [-0.4, -0.2) is 26.8 Å². The molecule has 0 bridgehead atoms. The second-order valence-electron chi connectivity index (χ2n) is 10.8. The van der Waals surface area contributed by atoms with Crippen LogP contribution in [0, 0.1) is 6.92 Å². The zero-order valence-electron chi connectivity index (χ0n) is 26.1. The zero-order chi connectivity index (χ0) is 32.3. The van der Waals surface area contributed by atoms with Gasteiger partial charge in [0, 0.05) is 16.8 Å². The number of aliphatic hydroxyl groups excluding tert-OH is 1. The number of aromatic nitrogens is 3. The number of para-hydroxylation sites is 3. The second kappa shape index (κ2) is 15.3. The lowest BCUT2D eigenvalue weighted by atomic mass is 10.0. The third-order valence-corrected chi connectivity index (χ3v) is 7.51. The molecule has 0 atom stereocenters. The Morgan fingerprint density at radius 1 is 0.489 bits per heavy atom. The van der Waals surface area contributed by atoms with E-state index in [1.807, 2.05) is 126 Å². The van der Waals surface area contributed by atoms with Gasteiger partial charge in [0.1, 0.15) is 6.73 Å². The van der Waals surface area contributed by atoms with Gasteiger partial charge in [0.05, 0.1) is 11.4 Å². The molecular weight excluding hydrogens is 578 g/mol. The van der Waals surface area contributed by atoms with Gasteiger partial charge < -0.3 is 15.3 Å². The fraction of sp³-hybridized carbons (Fsp3) is 0.0488. The summed E-state index contributed by atoms with van der Waals surface area (Å²) in [6.07, 6.45) is 0. The van der Waals surface area contributed by atoms with Crippen molar-refractivity contribution in [2.24, 2.45) is 0 Å². The van der Waals surface area contributed by atoms with Crippen molar-refractivity contribution in [2.45, 2.75) is 6.92 Å². The van der Waals surface area contributed by atoms with Gasteiger partial charge in [-0.2, -0.15) is 9.97 Å². The van der Waals surface area contributed by atoms with Crippen LogP contribution >= 0.6 is 0 Å². The predicted molar refractivity (Wildman–Crippen MR) is 193 cm³/mol. The fourth-order valence-corrected chi connectivity index (χ4v) is 5.08. The quantitative estimate of drug-likeness (QED) is 0.166. The lowest BCUT2D eigenvalue weighted by Gasteiger charge is -2.25. The largest absolute Gasteiger partial charge is 0.376 e. The van der Waals surface area contributed by atoms with Gasteiger partial charge in [-0.3, -0.25) is 0 Å². The van der Waals surface area contributed by atoms with Crippen molar-refractivity contribution >= 4 is 23.0 Å². The number of nitrogens with zero attached hydrogens (tertiary/aromatic N) is 4. The molecule has 0 spiro atoms. The molecule has 0 aliphatic heterocycles. The SMILES string of the molecule is Cc1ccc(-c2ccccc2)cc1.OCN(c1ccccc1)c1ccccc1Nc1nc(-c2ccccc2)nc(-c2ccccc2)n1. The molecule has 2 N–H and O–H groups in total. The van der Waals surface area contributed by atoms with Gasteiger partial charge in [0.2, 0.25) is 5.95 Å². The highest BCUT2D eigenvalue weighted by atomic mass is 16.3. The summed E-state index contributed by atoms with van der Waals surface area (Å²) in [6, 6.07) is 56.2. The van der Waals surface area contributed by atoms with Gasteiger partial charge in [-0.15, -0.1) is 0 Å². The smallest absolute Gasteiger partial charge is 0.231 e. The van der Waals surface area contributed by atoms with Crippen molar-refractivity contribution < 1.29 is 5.11 Å². The minimum atomic E-state index is -0.176. The normalized spacial score (nSPS) is 10.4. The number of nitrogens with one attached hydrogen (secondary N) is 1. The van der Waals surface area contributed by atoms with Gasteiger partial charge in [0.25, 0.3) is 0 Å². The highest BCUT2D eigenvalue weighted by Crippen LogP contribution is 2.33. The second-order valence-corrected chi connectivity index (χ2v) is 10.8. The Labute approximate surface area is 275 Å². The molecule has 0 fully saturated rings. The van der Waals surface area contributed by atoms with E-state index in [9.17, 15) is 5.11 Å².